The fourth-order valence-corrected chi connectivity index (χ4v) is 5.61. The molecule has 41 heavy (non-hydrogen) atoms. The third kappa shape index (κ3) is 5.27. The predicted molar refractivity (Wildman–Crippen MR) is 150 cm³/mol. The molecular weight excluding hydrogens is 548 g/mol. The predicted octanol–water partition coefficient (Wildman–Crippen LogP) is 3.76. The number of esters is 1. The fraction of sp³-hybridized carbons (Fsp3) is 0.167. The molecule has 11 heteroatoms. The van der Waals surface area contributed by atoms with Gasteiger partial charge in [0, 0.05) is 11.6 Å². The van der Waals surface area contributed by atoms with Crippen LogP contribution in [0.15, 0.2) is 80.1 Å². The van der Waals surface area contributed by atoms with E-state index in [4.69, 9.17) is 9.15 Å². The van der Waals surface area contributed by atoms with Crippen LogP contribution in [0.3, 0.4) is 0 Å². The summed E-state index contributed by atoms with van der Waals surface area (Å²) in [5.41, 5.74) is 1.97. The summed E-state index contributed by atoms with van der Waals surface area (Å²) in [5, 5.41) is 18.8. The quantitative estimate of drug-likeness (QED) is 0.318. The molecule has 0 fully saturated rings. The third-order valence-electron chi connectivity index (χ3n) is 6.52. The molecule has 10 nitrogen and oxygen atoms in total. The lowest BCUT2D eigenvalue weighted by Crippen LogP contribution is -2.39. The van der Waals surface area contributed by atoms with Crippen molar-refractivity contribution in [3.05, 3.63) is 114 Å². The van der Waals surface area contributed by atoms with Gasteiger partial charge in [0.05, 0.1) is 39.6 Å². The Morgan fingerprint density at radius 3 is 2.29 bits per heavy atom. The highest BCUT2D eigenvalue weighted by atomic mass is 32.1. The van der Waals surface area contributed by atoms with Crippen molar-refractivity contribution in [2.45, 2.75) is 26.8 Å². The number of rotatable bonds is 7. The van der Waals surface area contributed by atoms with E-state index in [2.05, 4.69) is 4.99 Å². The number of carbonyl (C=O) groups excluding carboxylic acids is 1. The molecule has 1 aliphatic rings. The number of hydrogen-bond acceptors (Lipinski definition) is 8. The molecule has 208 valence electrons. The number of aryl methyl sites for hydroxylation is 1. The first kappa shape index (κ1) is 27.5. The zero-order valence-electron chi connectivity index (χ0n) is 22.2. The van der Waals surface area contributed by atoms with Crippen molar-refractivity contribution in [1.29, 1.82) is 0 Å². The van der Waals surface area contributed by atoms with Crippen LogP contribution in [-0.2, 0) is 9.53 Å². The van der Waals surface area contributed by atoms with E-state index in [0.717, 1.165) is 28.5 Å². The van der Waals surface area contributed by atoms with Gasteiger partial charge in [-0.15, -0.1) is 0 Å². The van der Waals surface area contributed by atoms with E-state index < -0.39 is 23.9 Å². The highest BCUT2D eigenvalue weighted by Gasteiger charge is 2.33. The number of carboxylic acids is 2. The van der Waals surface area contributed by atoms with Crippen LogP contribution in [0.5, 0.6) is 0 Å². The molecule has 5 rings (SSSR count). The highest BCUT2D eigenvalue weighted by molar-refractivity contribution is 7.07. The Kier molecular flexibility index (Phi) is 7.29. The van der Waals surface area contributed by atoms with E-state index in [0.29, 0.717) is 15.0 Å². The minimum atomic E-state index is -1.28. The molecule has 2 aromatic heterocycles. The van der Waals surface area contributed by atoms with Gasteiger partial charge in [-0.25, -0.2) is 19.4 Å². The van der Waals surface area contributed by atoms with Crippen molar-refractivity contribution >= 4 is 35.3 Å². The van der Waals surface area contributed by atoms with Crippen molar-refractivity contribution in [2.75, 3.05) is 6.61 Å². The molecule has 0 spiro atoms. The van der Waals surface area contributed by atoms with Gasteiger partial charge in [0.1, 0.15) is 11.5 Å². The number of aromatic nitrogens is 1. The summed E-state index contributed by atoms with van der Waals surface area (Å²) in [6, 6.07) is 13.6. The number of ether oxygens (including phenoxy) is 1. The first-order chi connectivity index (χ1) is 19.6. The summed E-state index contributed by atoms with van der Waals surface area (Å²) >= 11 is 1.13. The molecule has 0 saturated heterocycles. The number of carbonyl (C=O) groups is 3. The van der Waals surface area contributed by atoms with Crippen LogP contribution in [0.25, 0.3) is 17.4 Å². The van der Waals surface area contributed by atoms with Crippen LogP contribution in [-0.4, -0.2) is 39.3 Å². The molecule has 2 N–H and O–H groups in total. The third-order valence-corrected chi connectivity index (χ3v) is 7.50. The van der Waals surface area contributed by atoms with Gasteiger partial charge < -0.3 is 19.4 Å². The molecule has 3 heterocycles. The number of allylic oxidation sites excluding steroid dienone is 1. The lowest BCUT2D eigenvalue weighted by atomic mass is 9.95. The maximum atomic E-state index is 13.8. The maximum absolute atomic E-state index is 13.8. The summed E-state index contributed by atoms with van der Waals surface area (Å²) < 4.78 is 12.9. The van der Waals surface area contributed by atoms with Crippen LogP contribution in [0.2, 0.25) is 0 Å². The Morgan fingerprint density at radius 1 is 1.02 bits per heavy atom. The van der Waals surface area contributed by atoms with Gasteiger partial charge >= 0.3 is 17.9 Å². The number of benzene rings is 2. The second-order valence-corrected chi connectivity index (χ2v) is 10.3. The fourth-order valence-electron chi connectivity index (χ4n) is 4.59. The molecule has 0 radical (unpaired) electrons. The van der Waals surface area contributed by atoms with E-state index >= 15 is 0 Å². The first-order valence-electron chi connectivity index (χ1n) is 12.6. The Hall–Kier alpha value is -5.03. The topological polar surface area (TPSA) is 148 Å². The van der Waals surface area contributed by atoms with E-state index in [-0.39, 0.29) is 46.0 Å². The molecule has 1 aliphatic heterocycles. The van der Waals surface area contributed by atoms with Crippen LogP contribution in [0.1, 0.15) is 57.5 Å². The number of fused-ring (bicyclic) bond motifs is 1. The molecule has 0 bridgehead atoms. The molecular formula is C30H24N2O8S. The second kappa shape index (κ2) is 10.9. The van der Waals surface area contributed by atoms with Crippen molar-refractivity contribution in [1.82, 2.24) is 4.57 Å². The number of carboxylic acid groups (broad SMARTS) is 2. The van der Waals surface area contributed by atoms with E-state index in [1.165, 1.54) is 22.8 Å². The van der Waals surface area contributed by atoms with Gasteiger partial charge in [-0.2, -0.15) is 0 Å². The molecule has 4 aromatic rings. The number of aromatic carboxylic acids is 2. The van der Waals surface area contributed by atoms with Crippen molar-refractivity contribution in [3.8, 4) is 11.3 Å². The van der Waals surface area contributed by atoms with E-state index in [9.17, 15) is 29.4 Å². The Morgan fingerprint density at radius 2 is 1.68 bits per heavy atom. The van der Waals surface area contributed by atoms with Crippen molar-refractivity contribution < 1.29 is 33.8 Å². The number of thiazole rings is 1. The Balaban J connectivity index is 1.62. The van der Waals surface area contributed by atoms with Gasteiger partial charge in [0.2, 0.25) is 0 Å². The maximum Gasteiger partial charge on any atom is 0.338 e. The second-order valence-electron chi connectivity index (χ2n) is 9.32. The largest absolute Gasteiger partial charge is 0.478 e. The molecule has 0 amide bonds. The monoisotopic (exact) mass is 572 g/mol. The summed E-state index contributed by atoms with van der Waals surface area (Å²) in [6.45, 7) is 5.54. The van der Waals surface area contributed by atoms with Gasteiger partial charge in [-0.3, -0.25) is 9.36 Å². The van der Waals surface area contributed by atoms with Gasteiger partial charge in [0.25, 0.3) is 5.56 Å². The SMILES string of the molecule is CCOC(=O)C1=C(C)N=c2s/c(=C\c3ccc(-c4cc(C(=O)O)cc(C(=O)O)c4)o3)c(=O)n2[C@H]1c1ccc(C)cc1. The zero-order chi connectivity index (χ0) is 29.4. The van der Waals surface area contributed by atoms with Gasteiger partial charge in [-0.1, -0.05) is 41.2 Å². The number of furan rings is 1. The summed E-state index contributed by atoms with van der Waals surface area (Å²) in [4.78, 5) is 54.7. The molecule has 0 aliphatic carbocycles. The number of hydrogen-bond donors (Lipinski definition) is 2. The van der Waals surface area contributed by atoms with Crippen molar-refractivity contribution in [2.24, 2.45) is 4.99 Å². The van der Waals surface area contributed by atoms with Crippen LogP contribution in [0.4, 0.5) is 0 Å². The Labute approximate surface area is 236 Å². The summed E-state index contributed by atoms with van der Waals surface area (Å²) in [6.07, 6.45) is 1.53. The van der Waals surface area contributed by atoms with Gasteiger partial charge in [-0.05, 0) is 56.7 Å². The standard InChI is InChI=1S/C30H24N2O8S/c1-4-39-29(38)24-16(3)31-30-32(25(24)17-7-5-15(2)6-8-17)26(33)23(41-30)14-21-9-10-22(40-21)18-11-19(27(34)35)13-20(12-18)28(36)37/h5-14,25H,4H2,1-3H3,(H,34,35)(H,36,37)/b23-14-/t25-/m0/s1. The molecule has 0 saturated carbocycles. The average molecular weight is 573 g/mol. The number of nitrogens with zero attached hydrogens (tertiary/aromatic N) is 2. The summed E-state index contributed by atoms with van der Waals surface area (Å²) in [7, 11) is 0. The smallest absolute Gasteiger partial charge is 0.338 e. The summed E-state index contributed by atoms with van der Waals surface area (Å²) in [5.74, 6) is -2.58. The average Bonchev–Trinajstić information content (AvgIpc) is 3.52. The van der Waals surface area contributed by atoms with Crippen molar-refractivity contribution in [3.63, 3.8) is 0 Å². The Bertz CT molecular complexity index is 1890. The highest BCUT2D eigenvalue weighted by Crippen LogP contribution is 2.31. The molecule has 2 aromatic carbocycles. The van der Waals surface area contributed by atoms with Crippen LogP contribution < -0.4 is 14.9 Å². The normalized spacial score (nSPS) is 14.9. The lowest BCUT2D eigenvalue weighted by Gasteiger charge is -2.24. The minimum absolute atomic E-state index is 0.171. The first-order valence-corrected chi connectivity index (χ1v) is 13.4. The van der Waals surface area contributed by atoms with Gasteiger partial charge in [0.15, 0.2) is 4.80 Å². The minimum Gasteiger partial charge on any atom is -0.478 e. The molecule has 0 unspecified atom stereocenters. The molecule has 1 atom stereocenters. The van der Waals surface area contributed by atoms with Crippen LogP contribution in [0, 0.1) is 6.92 Å². The van der Waals surface area contributed by atoms with E-state index in [1.807, 2.05) is 31.2 Å². The lowest BCUT2D eigenvalue weighted by molar-refractivity contribution is -0.139. The van der Waals surface area contributed by atoms with E-state index in [1.54, 1.807) is 26.0 Å². The zero-order valence-corrected chi connectivity index (χ0v) is 23.0. The van der Waals surface area contributed by atoms with Crippen LogP contribution >= 0.6 is 11.3 Å².